The molecule has 2 aromatic rings. The summed E-state index contributed by atoms with van der Waals surface area (Å²) >= 11 is 0. The number of ether oxygens (including phenoxy) is 1. The van der Waals surface area contributed by atoms with Gasteiger partial charge in [0.1, 0.15) is 23.3 Å². The number of anilines is 3. The van der Waals surface area contributed by atoms with Crippen LogP contribution in [-0.4, -0.2) is 28.6 Å². The van der Waals surface area contributed by atoms with Crippen LogP contribution in [0.5, 0.6) is 0 Å². The molecule has 0 aliphatic heterocycles. The fraction of sp³-hybridized carbons (Fsp3) is 0.316. The lowest BCUT2D eigenvalue weighted by Crippen LogP contribution is -2.49. The van der Waals surface area contributed by atoms with Crippen LogP contribution in [0.3, 0.4) is 0 Å². The summed E-state index contributed by atoms with van der Waals surface area (Å²) in [6, 6.07) is 5.27. The summed E-state index contributed by atoms with van der Waals surface area (Å²) in [5, 5.41) is 5.38. The van der Waals surface area contributed by atoms with Gasteiger partial charge in [0.25, 0.3) is 0 Å². The third-order valence-corrected chi connectivity index (χ3v) is 3.37. The van der Waals surface area contributed by atoms with Crippen LogP contribution in [0.4, 0.5) is 30.8 Å². The molecule has 0 spiro atoms. The summed E-state index contributed by atoms with van der Waals surface area (Å²) in [6.07, 6.45) is 0.730. The first-order valence-electron chi connectivity index (χ1n) is 8.77. The van der Waals surface area contributed by atoms with Gasteiger partial charge in [0.15, 0.2) is 5.82 Å². The lowest BCUT2D eigenvalue weighted by atomic mass is 10.2. The first-order valence-corrected chi connectivity index (χ1v) is 8.77. The maximum atomic E-state index is 13.4. The fourth-order valence-electron chi connectivity index (χ4n) is 2.15. The predicted molar refractivity (Wildman–Crippen MR) is 104 cm³/mol. The Morgan fingerprint density at radius 3 is 2.41 bits per heavy atom. The summed E-state index contributed by atoms with van der Waals surface area (Å²) in [5.41, 5.74) is 4.56. The van der Waals surface area contributed by atoms with E-state index in [2.05, 4.69) is 26.5 Å². The van der Waals surface area contributed by atoms with Crippen molar-refractivity contribution in [3.63, 3.8) is 0 Å². The molecule has 8 nitrogen and oxygen atoms in total. The Morgan fingerprint density at radius 2 is 1.79 bits per heavy atom. The van der Waals surface area contributed by atoms with Gasteiger partial charge in [0.05, 0.1) is 5.69 Å². The molecule has 29 heavy (non-hydrogen) atoms. The predicted octanol–water partition coefficient (Wildman–Crippen LogP) is 3.46. The molecule has 10 heteroatoms. The van der Waals surface area contributed by atoms with Crippen molar-refractivity contribution in [2.45, 2.75) is 39.3 Å². The number of nitrogens with one attached hydrogen (secondary N) is 4. The van der Waals surface area contributed by atoms with E-state index in [1.54, 1.807) is 32.9 Å². The summed E-state index contributed by atoms with van der Waals surface area (Å²) < 4.78 is 31.8. The van der Waals surface area contributed by atoms with Gasteiger partial charge in [-0.2, -0.15) is 0 Å². The number of nitrogens with zero attached hydrogens (tertiary/aromatic N) is 1. The minimum Gasteiger partial charge on any atom is -0.443 e. The molecule has 0 radical (unpaired) electrons. The van der Waals surface area contributed by atoms with Gasteiger partial charge < -0.3 is 15.4 Å². The van der Waals surface area contributed by atoms with E-state index >= 15 is 0 Å². The average Bonchev–Trinajstić information content (AvgIpc) is 2.59. The van der Waals surface area contributed by atoms with Gasteiger partial charge in [-0.15, -0.1) is 0 Å². The van der Waals surface area contributed by atoms with E-state index in [-0.39, 0.29) is 17.2 Å². The van der Waals surface area contributed by atoms with Gasteiger partial charge in [-0.3, -0.25) is 10.2 Å². The lowest BCUT2D eigenvalue weighted by molar-refractivity contribution is -0.117. The monoisotopic (exact) mass is 407 g/mol. The van der Waals surface area contributed by atoms with Crippen LogP contribution in [0.2, 0.25) is 0 Å². The zero-order valence-corrected chi connectivity index (χ0v) is 16.5. The first kappa shape index (κ1) is 22.0. The Labute approximate surface area is 167 Å². The number of hydrazine groups is 1. The second kappa shape index (κ2) is 9.28. The Kier molecular flexibility index (Phi) is 7.05. The largest absolute Gasteiger partial charge is 0.443 e. The summed E-state index contributed by atoms with van der Waals surface area (Å²) in [7, 11) is 0. The highest BCUT2D eigenvalue weighted by atomic mass is 19.1. The summed E-state index contributed by atoms with van der Waals surface area (Å²) in [4.78, 5) is 28.1. The highest BCUT2D eigenvalue weighted by molar-refractivity contribution is 5.97. The van der Waals surface area contributed by atoms with E-state index in [1.807, 2.05) is 0 Å². The molecule has 1 aromatic heterocycles. The third kappa shape index (κ3) is 7.34. The van der Waals surface area contributed by atoms with E-state index in [1.165, 1.54) is 13.1 Å². The van der Waals surface area contributed by atoms with Crippen LogP contribution in [0.1, 0.15) is 27.7 Å². The summed E-state index contributed by atoms with van der Waals surface area (Å²) in [6.45, 7) is 6.66. The number of carbonyl (C=O) groups excluding carboxylic acids is 2. The zero-order chi connectivity index (χ0) is 21.6. The Balaban J connectivity index is 2.00. The maximum Gasteiger partial charge on any atom is 0.422 e. The Bertz CT molecular complexity index is 866. The molecule has 0 aliphatic carbocycles. The van der Waals surface area contributed by atoms with Crippen molar-refractivity contribution in [2.24, 2.45) is 0 Å². The number of rotatable bonds is 6. The van der Waals surface area contributed by atoms with E-state index < -0.39 is 35.3 Å². The molecule has 0 saturated carbocycles. The van der Waals surface area contributed by atoms with Gasteiger partial charge in [-0.1, -0.05) is 0 Å². The number of pyridine rings is 1. The normalized spacial score (nSPS) is 12.1. The molecule has 156 valence electrons. The number of benzene rings is 1. The number of aromatic nitrogens is 1. The first-order chi connectivity index (χ1) is 13.5. The minimum absolute atomic E-state index is 0.134. The van der Waals surface area contributed by atoms with Crippen molar-refractivity contribution in [3.05, 3.63) is 48.2 Å². The highest BCUT2D eigenvalue weighted by Crippen LogP contribution is 2.24. The van der Waals surface area contributed by atoms with Gasteiger partial charge in [-0.25, -0.2) is 24.0 Å². The summed E-state index contributed by atoms with van der Waals surface area (Å²) in [5.74, 6) is -1.79. The minimum atomic E-state index is -0.817. The van der Waals surface area contributed by atoms with Crippen molar-refractivity contribution < 1.29 is 23.1 Å². The lowest BCUT2D eigenvalue weighted by Gasteiger charge is -2.21. The standard InChI is InChI=1S/C19H23F2N5O3/c1-11(25-26-18(28)29-19(2,3)4)17(27)24-15-6-5-7-22-16(15)23-14-9-12(20)8-13(21)10-14/h5-11,25H,1-4H3,(H,22,23)(H,24,27)(H,26,28). The van der Waals surface area contributed by atoms with E-state index in [0.29, 0.717) is 0 Å². The van der Waals surface area contributed by atoms with Crippen molar-refractivity contribution in [3.8, 4) is 0 Å². The van der Waals surface area contributed by atoms with Crippen molar-refractivity contribution in [2.75, 3.05) is 10.6 Å². The van der Waals surface area contributed by atoms with Crippen molar-refractivity contribution in [1.82, 2.24) is 15.8 Å². The number of halogens is 2. The number of hydrogen-bond donors (Lipinski definition) is 4. The second-order valence-electron chi connectivity index (χ2n) is 7.16. The van der Waals surface area contributed by atoms with Crippen LogP contribution in [0.15, 0.2) is 36.5 Å². The van der Waals surface area contributed by atoms with Crippen LogP contribution >= 0.6 is 0 Å². The van der Waals surface area contributed by atoms with E-state index in [9.17, 15) is 18.4 Å². The van der Waals surface area contributed by atoms with Crippen LogP contribution in [-0.2, 0) is 9.53 Å². The maximum absolute atomic E-state index is 13.4. The van der Waals surface area contributed by atoms with Gasteiger partial charge in [-0.05, 0) is 52.0 Å². The van der Waals surface area contributed by atoms with E-state index in [0.717, 1.165) is 18.2 Å². The third-order valence-electron chi connectivity index (χ3n) is 3.37. The molecule has 1 heterocycles. The zero-order valence-electron chi connectivity index (χ0n) is 16.5. The second-order valence-corrected chi connectivity index (χ2v) is 7.16. The van der Waals surface area contributed by atoms with Crippen molar-refractivity contribution >= 4 is 29.2 Å². The van der Waals surface area contributed by atoms with E-state index in [4.69, 9.17) is 4.74 Å². The molecule has 0 aliphatic rings. The molecule has 2 rings (SSSR count). The smallest absolute Gasteiger partial charge is 0.422 e. The molecule has 4 N–H and O–H groups in total. The number of hydrogen-bond acceptors (Lipinski definition) is 6. The van der Waals surface area contributed by atoms with Gasteiger partial charge in [0.2, 0.25) is 5.91 Å². The Hall–Kier alpha value is -3.27. The molecule has 1 aromatic carbocycles. The topological polar surface area (TPSA) is 104 Å². The highest BCUT2D eigenvalue weighted by Gasteiger charge is 2.19. The quantitative estimate of drug-likeness (QED) is 0.547. The molecular weight excluding hydrogens is 384 g/mol. The van der Waals surface area contributed by atoms with Crippen LogP contribution < -0.4 is 21.5 Å². The van der Waals surface area contributed by atoms with Crippen LogP contribution in [0.25, 0.3) is 0 Å². The molecule has 2 amide bonds. The Morgan fingerprint density at radius 1 is 1.14 bits per heavy atom. The molecule has 0 saturated heterocycles. The SMILES string of the molecule is CC(NNC(=O)OC(C)(C)C)C(=O)Nc1cccnc1Nc1cc(F)cc(F)c1. The van der Waals surface area contributed by atoms with Crippen molar-refractivity contribution in [1.29, 1.82) is 0 Å². The average molecular weight is 407 g/mol. The molecular formula is C19H23F2N5O3. The fourth-order valence-corrected chi connectivity index (χ4v) is 2.15. The molecule has 1 unspecified atom stereocenters. The van der Waals surface area contributed by atoms with Gasteiger partial charge >= 0.3 is 6.09 Å². The van der Waals surface area contributed by atoms with Gasteiger partial charge in [0, 0.05) is 18.0 Å². The van der Waals surface area contributed by atoms with Crippen LogP contribution in [0, 0.1) is 11.6 Å². The molecule has 1 atom stereocenters. The number of carbonyl (C=O) groups is 2. The molecule has 0 bridgehead atoms. The molecule has 0 fully saturated rings. The number of amides is 2.